The number of likely N-dealkylation sites (tertiary alicyclic amines) is 2. The molecule has 4 amide bonds. The molecule has 3 rings (SSSR count). The molecule has 0 aliphatic carbocycles. The first-order valence-corrected chi connectivity index (χ1v) is 14.1. The fourth-order valence-electron chi connectivity index (χ4n) is 4.18. The van der Waals surface area contributed by atoms with Crippen molar-refractivity contribution in [2.24, 2.45) is 0 Å². The Balaban J connectivity index is 0.000000281. The standard InChI is InChI=1S/C15H27N3O3S.C10H17NO3/c1-14(2,3)21-13(20)18-8-6-15(7-9-18)16-11(5-10-22-4)12(19)17-15;1-10(2,3)14-9(13)11-7-5-4-6-8(11)12/h11,16H,5-10H2,1-4H3,(H,17,19);4-7H2,1-3H3. The molecule has 11 heteroatoms. The Labute approximate surface area is 219 Å². The number of thioether (sulfide) groups is 1. The minimum absolute atomic E-state index is 0.0831. The third-order valence-corrected chi connectivity index (χ3v) is 6.59. The zero-order valence-corrected chi connectivity index (χ0v) is 23.7. The Hall–Kier alpha value is -2.01. The van der Waals surface area contributed by atoms with Crippen LogP contribution in [0.25, 0.3) is 0 Å². The second-order valence-corrected chi connectivity index (χ2v) is 12.5. The molecule has 0 saturated carbocycles. The van der Waals surface area contributed by atoms with Crippen molar-refractivity contribution >= 4 is 35.8 Å². The summed E-state index contributed by atoms with van der Waals surface area (Å²) < 4.78 is 10.5. The smallest absolute Gasteiger partial charge is 0.417 e. The van der Waals surface area contributed by atoms with E-state index >= 15 is 0 Å². The summed E-state index contributed by atoms with van der Waals surface area (Å²) in [5.74, 6) is 0.927. The average Bonchev–Trinajstić information content (AvgIpc) is 3.05. The second-order valence-electron chi connectivity index (χ2n) is 11.5. The number of rotatable bonds is 3. The van der Waals surface area contributed by atoms with Crippen molar-refractivity contribution in [2.75, 3.05) is 31.6 Å². The maximum Gasteiger partial charge on any atom is 0.417 e. The van der Waals surface area contributed by atoms with Crippen molar-refractivity contribution in [1.82, 2.24) is 20.4 Å². The van der Waals surface area contributed by atoms with E-state index in [1.54, 1.807) is 37.4 Å². The highest BCUT2D eigenvalue weighted by atomic mass is 32.2. The molecule has 1 atom stereocenters. The maximum absolute atomic E-state index is 12.1. The van der Waals surface area contributed by atoms with Gasteiger partial charge in [0.2, 0.25) is 11.8 Å². The van der Waals surface area contributed by atoms with E-state index in [0.29, 0.717) is 38.9 Å². The van der Waals surface area contributed by atoms with Gasteiger partial charge in [-0.1, -0.05) is 0 Å². The topological polar surface area (TPSA) is 117 Å². The molecule has 3 fully saturated rings. The molecule has 3 heterocycles. The van der Waals surface area contributed by atoms with Crippen LogP contribution in [0.3, 0.4) is 0 Å². The van der Waals surface area contributed by atoms with E-state index < -0.39 is 17.3 Å². The van der Waals surface area contributed by atoms with Gasteiger partial charge in [0, 0.05) is 38.9 Å². The van der Waals surface area contributed by atoms with Gasteiger partial charge in [0.05, 0.1) is 11.7 Å². The largest absolute Gasteiger partial charge is 0.444 e. The first-order valence-electron chi connectivity index (χ1n) is 12.7. The van der Waals surface area contributed by atoms with E-state index in [-0.39, 0.29) is 29.6 Å². The molecule has 0 aromatic heterocycles. The van der Waals surface area contributed by atoms with Gasteiger partial charge in [-0.3, -0.25) is 14.9 Å². The molecule has 0 aromatic rings. The van der Waals surface area contributed by atoms with Crippen LogP contribution in [0.15, 0.2) is 0 Å². The van der Waals surface area contributed by atoms with Crippen molar-refractivity contribution in [1.29, 1.82) is 0 Å². The molecule has 0 aromatic carbocycles. The SMILES string of the molecule is CC(C)(C)OC(=O)N1CCCCC1=O.CSCCC1NC2(CCN(C(=O)OC(C)(C)C)CC2)NC1=O. The third-order valence-electron chi connectivity index (χ3n) is 5.95. The highest BCUT2D eigenvalue weighted by Crippen LogP contribution is 2.26. The van der Waals surface area contributed by atoms with Crippen molar-refractivity contribution in [2.45, 2.75) is 103 Å². The Kier molecular flexibility index (Phi) is 10.5. The Bertz CT molecular complexity index is 799. The summed E-state index contributed by atoms with van der Waals surface area (Å²) in [5, 5.41) is 6.54. The lowest BCUT2D eigenvalue weighted by atomic mass is 9.98. The molecule has 3 aliphatic rings. The molecule has 1 unspecified atom stereocenters. The van der Waals surface area contributed by atoms with Crippen LogP contribution in [0, 0.1) is 0 Å². The Morgan fingerprint density at radius 1 is 0.972 bits per heavy atom. The zero-order chi connectivity index (χ0) is 27.1. The molecule has 36 heavy (non-hydrogen) atoms. The second kappa shape index (κ2) is 12.5. The number of hydrogen-bond acceptors (Lipinski definition) is 8. The fourth-order valence-corrected chi connectivity index (χ4v) is 4.65. The predicted octanol–water partition coefficient (Wildman–Crippen LogP) is 3.49. The number of ether oxygens (including phenoxy) is 2. The lowest BCUT2D eigenvalue weighted by Crippen LogP contribution is -2.58. The third kappa shape index (κ3) is 9.46. The van der Waals surface area contributed by atoms with Gasteiger partial charge < -0.3 is 19.7 Å². The summed E-state index contributed by atoms with van der Waals surface area (Å²) >= 11 is 1.75. The minimum Gasteiger partial charge on any atom is -0.444 e. The van der Waals surface area contributed by atoms with E-state index in [0.717, 1.165) is 25.0 Å². The zero-order valence-electron chi connectivity index (χ0n) is 22.9. The molecular weight excluding hydrogens is 484 g/mol. The number of hydrogen-bond donors (Lipinski definition) is 2. The maximum atomic E-state index is 12.1. The molecular formula is C25H44N4O6S. The van der Waals surface area contributed by atoms with E-state index in [4.69, 9.17) is 9.47 Å². The van der Waals surface area contributed by atoms with E-state index in [1.807, 2.05) is 27.0 Å². The average molecular weight is 529 g/mol. The van der Waals surface area contributed by atoms with Gasteiger partial charge >= 0.3 is 12.2 Å². The van der Waals surface area contributed by atoms with Gasteiger partial charge in [-0.2, -0.15) is 11.8 Å². The van der Waals surface area contributed by atoms with Crippen LogP contribution in [-0.2, 0) is 19.1 Å². The minimum atomic E-state index is -0.533. The highest BCUT2D eigenvalue weighted by Gasteiger charge is 2.45. The predicted molar refractivity (Wildman–Crippen MR) is 140 cm³/mol. The van der Waals surface area contributed by atoms with Crippen LogP contribution in [-0.4, -0.2) is 88.4 Å². The van der Waals surface area contributed by atoms with Crippen LogP contribution in [0.2, 0.25) is 0 Å². The summed E-state index contributed by atoms with van der Waals surface area (Å²) in [6.45, 7) is 12.7. The van der Waals surface area contributed by atoms with Gasteiger partial charge in [0.15, 0.2) is 0 Å². The normalized spacial score (nSPS) is 22.0. The molecule has 1 spiro atoms. The number of piperidine rings is 2. The number of carbonyl (C=O) groups excluding carboxylic acids is 4. The summed E-state index contributed by atoms with van der Waals surface area (Å²) in [4.78, 5) is 49.9. The van der Waals surface area contributed by atoms with Gasteiger partial charge in [-0.15, -0.1) is 0 Å². The Morgan fingerprint density at radius 3 is 2.08 bits per heavy atom. The van der Waals surface area contributed by atoms with E-state index in [2.05, 4.69) is 10.6 Å². The van der Waals surface area contributed by atoms with Gasteiger partial charge in [0.1, 0.15) is 11.2 Å². The van der Waals surface area contributed by atoms with Crippen LogP contribution in [0.1, 0.15) is 80.1 Å². The number of amides is 4. The number of imide groups is 1. The molecule has 0 radical (unpaired) electrons. The monoisotopic (exact) mass is 528 g/mol. The summed E-state index contributed by atoms with van der Waals surface area (Å²) in [6.07, 6.45) is 5.74. The first kappa shape index (κ1) is 30.2. The van der Waals surface area contributed by atoms with Crippen molar-refractivity contribution < 1.29 is 28.7 Å². The molecule has 3 aliphatic heterocycles. The lowest BCUT2D eigenvalue weighted by Gasteiger charge is -2.39. The molecule has 2 N–H and O–H groups in total. The van der Waals surface area contributed by atoms with E-state index in [9.17, 15) is 19.2 Å². The van der Waals surface area contributed by atoms with Crippen molar-refractivity contribution in [3.63, 3.8) is 0 Å². The van der Waals surface area contributed by atoms with Crippen LogP contribution in [0.5, 0.6) is 0 Å². The number of nitrogens with one attached hydrogen (secondary N) is 2. The fraction of sp³-hybridized carbons (Fsp3) is 0.840. The highest BCUT2D eigenvalue weighted by molar-refractivity contribution is 7.98. The Morgan fingerprint density at radius 2 is 1.56 bits per heavy atom. The summed E-state index contributed by atoms with van der Waals surface area (Å²) in [5.41, 5.74) is -1.36. The molecule has 10 nitrogen and oxygen atoms in total. The quantitative estimate of drug-likeness (QED) is 0.572. The first-order chi connectivity index (χ1) is 16.6. The number of carbonyl (C=O) groups is 4. The van der Waals surface area contributed by atoms with Crippen molar-refractivity contribution in [3.05, 3.63) is 0 Å². The lowest BCUT2D eigenvalue weighted by molar-refractivity contribution is -0.132. The summed E-state index contributed by atoms with van der Waals surface area (Å²) in [6, 6.07) is -0.111. The van der Waals surface area contributed by atoms with Gasteiger partial charge in [0.25, 0.3) is 0 Å². The molecule has 0 bridgehead atoms. The van der Waals surface area contributed by atoms with Crippen LogP contribution >= 0.6 is 11.8 Å². The van der Waals surface area contributed by atoms with Crippen molar-refractivity contribution in [3.8, 4) is 0 Å². The van der Waals surface area contributed by atoms with Gasteiger partial charge in [-0.05, 0) is 72.8 Å². The van der Waals surface area contributed by atoms with Crippen LogP contribution in [0.4, 0.5) is 9.59 Å². The molecule has 3 saturated heterocycles. The summed E-state index contributed by atoms with van der Waals surface area (Å²) in [7, 11) is 0. The van der Waals surface area contributed by atoms with Crippen LogP contribution < -0.4 is 10.6 Å². The molecule has 206 valence electrons. The van der Waals surface area contributed by atoms with Gasteiger partial charge in [-0.25, -0.2) is 14.5 Å². The number of nitrogens with zero attached hydrogens (tertiary/aromatic N) is 2. The van der Waals surface area contributed by atoms with E-state index in [1.165, 1.54) is 4.90 Å².